The first-order valence-corrected chi connectivity index (χ1v) is 4.58. The molecule has 0 aliphatic rings. The molecule has 1 rings (SSSR count). The molecule has 4 nitrogen and oxygen atoms in total. The third-order valence-electron chi connectivity index (χ3n) is 1.89. The first-order valence-electron chi connectivity index (χ1n) is 4.58. The summed E-state index contributed by atoms with van der Waals surface area (Å²) in [7, 11) is 1.54. The number of hydrogen-bond acceptors (Lipinski definition) is 3. The van der Waals surface area contributed by atoms with E-state index in [4.69, 9.17) is 4.74 Å². The van der Waals surface area contributed by atoms with E-state index < -0.39 is 0 Å². The normalized spacial score (nSPS) is 9.47. The number of ketones is 1. The third kappa shape index (κ3) is 3.42. The van der Waals surface area contributed by atoms with Gasteiger partial charge in [0, 0.05) is 12.6 Å². The summed E-state index contributed by atoms with van der Waals surface area (Å²) in [5.74, 6) is 0.287. The molecule has 0 spiro atoms. The summed E-state index contributed by atoms with van der Waals surface area (Å²) in [5, 5.41) is 2.44. The number of amides is 1. The molecule has 0 unspecified atom stereocenters. The maximum absolute atomic E-state index is 11.1. The Hall–Kier alpha value is -1.84. The third-order valence-corrected chi connectivity index (χ3v) is 1.89. The molecule has 0 fully saturated rings. The van der Waals surface area contributed by atoms with E-state index in [1.54, 1.807) is 24.3 Å². The molecule has 1 N–H and O–H groups in total. The van der Waals surface area contributed by atoms with E-state index in [-0.39, 0.29) is 18.3 Å². The molecule has 80 valence electrons. The Morgan fingerprint density at radius 1 is 1.40 bits per heavy atom. The molecule has 1 amide bonds. The molecule has 4 heteroatoms. The average Bonchev–Trinajstić information content (AvgIpc) is 2.26. The maximum Gasteiger partial charge on any atom is 0.257 e. The SMILES string of the molecule is CNC(=O)COc1cccc(C(C)=O)c1. The van der Waals surface area contributed by atoms with Crippen molar-refractivity contribution in [2.75, 3.05) is 13.7 Å². The van der Waals surface area contributed by atoms with Crippen LogP contribution in [0.4, 0.5) is 0 Å². The van der Waals surface area contributed by atoms with Gasteiger partial charge in [0.05, 0.1) is 0 Å². The van der Waals surface area contributed by atoms with Crippen LogP contribution >= 0.6 is 0 Å². The van der Waals surface area contributed by atoms with E-state index >= 15 is 0 Å². The maximum atomic E-state index is 11.1. The molecule has 0 aliphatic heterocycles. The zero-order valence-corrected chi connectivity index (χ0v) is 8.74. The minimum absolute atomic E-state index is 0.0274. The monoisotopic (exact) mass is 207 g/mol. The Labute approximate surface area is 88.2 Å². The Morgan fingerprint density at radius 2 is 2.13 bits per heavy atom. The summed E-state index contributed by atoms with van der Waals surface area (Å²) in [6.45, 7) is 1.44. The number of rotatable bonds is 4. The summed E-state index contributed by atoms with van der Waals surface area (Å²) in [5.41, 5.74) is 0.574. The van der Waals surface area contributed by atoms with Crippen LogP contribution in [0.5, 0.6) is 5.75 Å². The zero-order chi connectivity index (χ0) is 11.3. The summed E-state index contributed by atoms with van der Waals surface area (Å²) < 4.78 is 5.19. The fraction of sp³-hybridized carbons (Fsp3) is 0.273. The smallest absolute Gasteiger partial charge is 0.257 e. The average molecular weight is 207 g/mol. The highest BCUT2D eigenvalue weighted by Crippen LogP contribution is 2.13. The van der Waals surface area contributed by atoms with Crippen molar-refractivity contribution in [1.29, 1.82) is 0 Å². The van der Waals surface area contributed by atoms with Gasteiger partial charge in [-0.1, -0.05) is 12.1 Å². The number of ether oxygens (including phenoxy) is 1. The van der Waals surface area contributed by atoms with Crippen LogP contribution in [0.2, 0.25) is 0 Å². The van der Waals surface area contributed by atoms with Gasteiger partial charge in [0.25, 0.3) is 5.91 Å². The van der Waals surface area contributed by atoms with Crippen LogP contribution in [0, 0.1) is 0 Å². The number of likely N-dealkylation sites (N-methyl/N-ethyl adjacent to an activating group) is 1. The van der Waals surface area contributed by atoms with Crippen molar-refractivity contribution in [2.24, 2.45) is 0 Å². The number of nitrogens with one attached hydrogen (secondary N) is 1. The zero-order valence-electron chi connectivity index (χ0n) is 8.74. The Morgan fingerprint density at radius 3 is 2.73 bits per heavy atom. The number of carbonyl (C=O) groups excluding carboxylic acids is 2. The largest absolute Gasteiger partial charge is 0.484 e. The van der Waals surface area contributed by atoms with E-state index in [9.17, 15) is 9.59 Å². The molecule has 0 radical (unpaired) electrons. The molecular formula is C11H13NO3. The molecular weight excluding hydrogens is 194 g/mol. The van der Waals surface area contributed by atoms with Crippen molar-refractivity contribution in [3.8, 4) is 5.75 Å². The van der Waals surface area contributed by atoms with Gasteiger partial charge in [-0.05, 0) is 19.1 Å². The van der Waals surface area contributed by atoms with Crippen LogP contribution in [-0.2, 0) is 4.79 Å². The molecule has 0 aliphatic carbocycles. The molecule has 0 bridgehead atoms. The van der Waals surface area contributed by atoms with Gasteiger partial charge in [0.1, 0.15) is 5.75 Å². The van der Waals surface area contributed by atoms with Crippen LogP contribution in [-0.4, -0.2) is 25.3 Å². The van der Waals surface area contributed by atoms with Crippen LogP contribution in [0.3, 0.4) is 0 Å². The standard InChI is InChI=1S/C11H13NO3/c1-8(13)9-4-3-5-10(6-9)15-7-11(14)12-2/h3-6H,7H2,1-2H3,(H,12,14). The summed E-state index contributed by atoms with van der Waals surface area (Å²) in [6.07, 6.45) is 0. The van der Waals surface area contributed by atoms with Crippen LogP contribution < -0.4 is 10.1 Å². The van der Waals surface area contributed by atoms with E-state index in [0.29, 0.717) is 11.3 Å². The fourth-order valence-electron chi connectivity index (χ4n) is 1.03. The molecule has 1 aromatic carbocycles. The molecule has 0 saturated carbocycles. The lowest BCUT2D eigenvalue weighted by atomic mass is 10.1. The lowest BCUT2D eigenvalue weighted by molar-refractivity contribution is -0.122. The highest BCUT2D eigenvalue weighted by Gasteiger charge is 2.03. The van der Waals surface area contributed by atoms with Crippen molar-refractivity contribution in [2.45, 2.75) is 6.92 Å². The van der Waals surface area contributed by atoms with Gasteiger partial charge < -0.3 is 10.1 Å². The van der Waals surface area contributed by atoms with E-state index in [0.717, 1.165) is 0 Å². The first-order chi connectivity index (χ1) is 7.13. The predicted molar refractivity (Wildman–Crippen MR) is 56.0 cm³/mol. The van der Waals surface area contributed by atoms with Gasteiger partial charge in [-0.25, -0.2) is 0 Å². The number of Topliss-reactive ketones (excluding diaryl/α,β-unsaturated/α-hetero) is 1. The van der Waals surface area contributed by atoms with Gasteiger partial charge in [-0.15, -0.1) is 0 Å². The van der Waals surface area contributed by atoms with E-state index in [2.05, 4.69) is 5.32 Å². The van der Waals surface area contributed by atoms with Gasteiger partial charge in [-0.3, -0.25) is 9.59 Å². The van der Waals surface area contributed by atoms with Gasteiger partial charge >= 0.3 is 0 Å². The highest BCUT2D eigenvalue weighted by atomic mass is 16.5. The van der Waals surface area contributed by atoms with Crippen molar-refractivity contribution in [3.63, 3.8) is 0 Å². The Bertz CT molecular complexity index is 374. The minimum Gasteiger partial charge on any atom is -0.484 e. The predicted octanol–water partition coefficient (Wildman–Crippen LogP) is 1.01. The van der Waals surface area contributed by atoms with Gasteiger partial charge in [-0.2, -0.15) is 0 Å². The van der Waals surface area contributed by atoms with Gasteiger partial charge in [0.2, 0.25) is 0 Å². The van der Waals surface area contributed by atoms with Crippen LogP contribution in [0.1, 0.15) is 17.3 Å². The van der Waals surface area contributed by atoms with E-state index in [1.807, 2.05) is 0 Å². The molecule has 0 heterocycles. The number of benzene rings is 1. The number of carbonyl (C=O) groups is 2. The fourth-order valence-corrected chi connectivity index (χ4v) is 1.03. The quantitative estimate of drug-likeness (QED) is 0.750. The second-order valence-electron chi connectivity index (χ2n) is 3.05. The summed E-state index contributed by atoms with van der Waals surface area (Å²) in [4.78, 5) is 22.0. The van der Waals surface area contributed by atoms with Gasteiger partial charge in [0.15, 0.2) is 12.4 Å². The highest BCUT2D eigenvalue weighted by molar-refractivity contribution is 5.94. The Kier molecular flexibility index (Phi) is 3.85. The minimum atomic E-state index is -0.205. The second kappa shape index (κ2) is 5.14. The summed E-state index contributed by atoms with van der Waals surface area (Å²) in [6, 6.07) is 6.74. The van der Waals surface area contributed by atoms with Crippen molar-refractivity contribution in [3.05, 3.63) is 29.8 Å². The molecule has 0 aromatic heterocycles. The van der Waals surface area contributed by atoms with Crippen molar-refractivity contribution < 1.29 is 14.3 Å². The Balaban J connectivity index is 2.66. The van der Waals surface area contributed by atoms with Crippen LogP contribution in [0.15, 0.2) is 24.3 Å². The topological polar surface area (TPSA) is 55.4 Å². The number of hydrogen-bond donors (Lipinski definition) is 1. The second-order valence-corrected chi connectivity index (χ2v) is 3.05. The van der Waals surface area contributed by atoms with E-state index in [1.165, 1.54) is 14.0 Å². The lowest BCUT2D eigenvalue weighted by Crippen LogP contribution is -2.24. The molecule has 0 saturated heterocycles. The van der Waals surface area contributed by atoms with Crippen molar-refractivity contribution >= 4 is 11.7 Å². The summed E-state index contributed by atoms with van der Waals surface area (Å²) >= 11 is 0. The van der Waals surface area contributed by atoms with Crippen molar-refractivity contribution in [1.82, 2.24) is 5.32 Å². The molecule has 15 heavy (non-hydrogen) atoms. The first kappa shape index (κ1) is 11.2. The molecule has 0 atom stereocenters. The van der Waals surface area contributed by atoms with Crippen LogP contribution in [0.25, 0.3) is 0 Å². The molecule has 1 aromatic rings. The lowest BCUT2D eigenvalue weighted by Gasteiger charge is -2.05.